The Balaban J connectivity index is 1.81. The molecule has 1 atom stereocenters. The van der Waals surface area contributed by atoms with Crippen LogP contribution in [0.25, 0.3) is 11.8 Å². The molecule has 0 fully saturated rings. The van der Waals surface area contributed by atoms with E-state index < -0.39 is 5.82 Å². The zero-order valence-electron chi connectivity index (χ0n) is 13.8. The summed E-state index contributed by atoms with van der Waals surface area (Å²) >= 11 is 0. The van der Waals surface area contributed by atoms with Gasteiger partial charge in [0.15, 0.2) is 0 Å². The zero-order valence-corrected chi connectivity index (χ0v) is 13.8. The minimum absolute atomic E-state index is 0.0879. The summed E-state index contributed by atoms with van der Waals surface area (Å²) in [6.45, 7) is 0. The van der Waals surface area contributed by atoms with Crippen molar-refractivity contribution in [3.05, 3.63) is 101 Å². The summed E-state index contributed by atoms with van der Waals surface area (Å²) in [6.07, 6.45) is 1.72. The molecule has 2 aliphatic rings. The topological polar surface area (TPSA) is 32.3 Å². The van der Waals surface area contributed by atoms with Crippen LogP contribution in [0.2, 0.25) is 0 Å². The van der Waals surface area contributed by atoms with Gasteiger partial charge in [0.1, 0.15) is 12.0 Å². The second-order valence-corrected chi connectivity index (χ2v) is 6.40. The van der Waals surface area contributed by atoms with Crippen molar-refractivity contribution in [3.8, 4) is 0 Å². The number of carbonyl (C=O) groups is 1. The zero-order chi connectivity index (χ0) is 17.7. The predicted octanol–water partition coefficient (Wildman–Crippen LogP) is 4.59. The van der Waals surface area contributed by atoms with Gasteiger partial charge in [-0.15, -0.1) is 0 Å². The minimum atomic E-state index is -0.510. The number of anilines is 1. The van der Waals surface area contributed by atoms with Crippen LogP contribution >= 0.6 is 0 Å². The molecule has 5 rings (SSSR count). The highest BCUT2D eigenvalue weighted by molar-refractivity contribution is 6.07. The molecule has 0 saturated carbocycles. The molecule has 0 aliphatic carbocycles. The third-order valence-corrected chi connectivity index (χ3v) is 4.92. The fourth-order valence-electron chi connectivity index (χ4n) is 3.76. The molecule has 4 heteroatoms. The Morgan fingerprint density at radius 1 is 0.885 bits per heavy atom. The molecule has 1 amide bonds. The highest BCUT2D eigenvalue weighted by atomic mass is 19.1. The Bertz CT molecular complexity index is 1060. The fourth-order valence-corrected chi connectivity index (χ4v) is 3.76. The Morgan fingerprint density at radius 2 is 1.65 bits per heavy atom. The second kappa shape index (κ2) is 5.56. The first kappa shape index (κ1) is 14.9. The number of benzene rings is 3. The fraction of sp³-hybridized carbons (Fsp3) is 0.0455. The lowest BCUT2D eigenvalue weighted by Crippen LogP contribution is -2.47. The molecule has 0 bridgehead atoms. The Kier molecular flexibility index (Phi) is 3.19. The van der Waals surface area contributed by atoms with Gasteiger partial charge in [-0.05, 0) is 29.3 Å². The third-order valence-electron chi connectivity index (χ3n) is 4.92. The molecule has 0 radical (unpaired) electrons. The molecule has 26 heavy (non-hydrogen) atoms. The van der Waals surface area contributed by atoms with E-state index in [0.29, 0.717) is 5.69 Å². The van der Waals surface area contributed by atoms with Gasteiger partial charge < -0.3 is 10.2 Å². The first-order valence-corrected chi connectivity index (χ1v) is 8.49. The van der Waals surface area contributed by atoms with E-state index in [9.17, 15) is 9.18 Å². The van der Waals surface area contributed by atoms with Crippen molar-refractivity contribution in [1.82, 2.24) is 5.32 Å². The quantitative estimate of drug-likeness (QED) is 0.702. The number of carbonyl (C=O) groups excluding carboxylic acids is 1. The molecule has 3 nitrogen and oxygen atoms in total. The lowest BCUT2D eigenvalue weighted by Gasteiger charge is -2.43. The SMILES string of the molecule is O=C1N[C@@H]2c3ccccc3C=C(c3ccccc3)N2c2cccc(F)c21. The van der Waals surface area contributed by atoms with Crippen LogP contribution in [-0.4, -0.2) is 5.91 Å². The Labute approximate surface area is 150 Å². The molecule has 3 aromatic rings. The number of amides is 1. The standard InChI is InChI=1S/C22H15FN2O/c23-17-11-6-12-18-20(17)22(26)24-21-16-10-5-4-9-15(16)13-19(25(18)21)14-7-2-1-3-8-14/h1-13,21H,(H,24,26)/t21-/m0/s1. The van der Waals surface area contributed by atoms with Gasteiger partial charge in [-0.2, -0.15) is 0 Å². The largest absolute Gasteiger partial charge is 0.327 e. The number of hydrogen-bond donors (Lipinski definition) is 1. The molecule has 3 aromatic carbocycles. The molecule has 0 spiro atoms. The van der Waals surface area contributed by atoms with Gasteiger partial charge in [-0.1, -0.05) is 60.7 Å². The molecular formula is C22H15FN2O. The molecule has 126 valence electrons. The van der Waals surface area contributed by atoms with Crippen molar-refractivity contribution in [3.63, 3.8) is 0 Å². The second-order valence-electron chi connectivity index (χ2n) is 6.40. The number of halogens is 1. The van der Waals surface area contributed by atoms with Crippen LogP contribution in [-0.2, 0) is 0 Å². The van der Waals surface area contributed by atoms with Crippen LogP contribution in [0.3, 0.4) is 0 Å². The van der Waals surface area contributed by atoms with E-state index in [4.69, 9.17) is 0 Å². The Hall–Kier alpha value is -3.40. The van der Waals surface area contributed by atoms with Gasteiger partial charge in [-0.3, -0.25) is 4.79 Å². The van der Waals surface area contributed by atoms with Crippen LogP contribution < -0.4 is 10.2 Å². The summed E-state index contributed by atoms with van der Waals surface area (Å²) in [6, 6.07) is 22.7. The van der Waals surface area contributed by atoms with Gasteiger partial charge in [0.25, 0.3) is 5.91 Å². The predicted molar refractivity (Wildman–Crippen MR) is 99.8 cm³/mol. The number of rotatable bonds is 1. The monoisotopic (exact) mass is 342 g/mol. The van der Waals surface area contributed by atoms with Crippen molar-refractivity contribution < 1.29 is 9.18 Å². The number of nitrogens with zero attached hydrogens (tertiary/aromatic N) is 1. The van der Waals surface area contributed by atoms with Gasteiger partial charge in [0, 0.05) is 5.56 Å². The normalized spacial score (nSPS) is 17.6. The highest BCUT2D eigenvalue weighted by Gasteiger charge is 2.38. The summed E-state index contributed by atoms with van der Waals surface area (Å²) in [7, 11) is 0. The van der Waals surface area contributed by atoms with Gasteiger partial charge in [0.2, 0.25) is 0 Å². The summed E-state index contributed by atoms with van der Waals surface area (Å²) in [5.41, 5.74) is 4.66. The molecular weight excluding hydrogens is 327 g/mol. The van der Waals surface area contributed by atoms with Gasteiger partial charge in [0.05, 0.1) is 16.9 Å². The summed E-state index contributed by atoms with van der Waals surface area (Å²) < 4.78 is 14.4. The number of nitrogens with one attached hydrogen (secondary N) is 1. The maximum atomic E-state index is 14.4. The van der Waals surface area contributed by atoms with E-state index >= 15 is 0 Å². The van der Waals surface area contributed by atoms with E-state index in [1.54, 1.807) is 12.1 Å². The Morgan fingerprint density at radius 3 is 2.50 bits per heavy atom. The number of fused-ring (bicyclic) bond motifs is 5. The van der Waals surface area contributed by atoms with Crippen LogP contribution in [0.4, 0.5) is 10.1 Å². The summed E-state index contributed by atoms with van der Waals surface area (Å²) in [4.78, 5) is 14.6. The summed E-state index contributed by atoms with van der Waals surface area (Å²) in [5.74, 6) is -0.895. The van der Waals surface area contributed by atoms with Crippen molar-refractivity contribution in [1.29, 1.82) is 0 Å². The average Bonchev–Trinajstić information content (AvgIpc) is 2.68. The van der Waals surface area contributed by atoms with Crippen molar-refractivity contribution >= 4 is 23.4 Å². The summed E-state index contributed by atoms with van der Waals surface area (Å²) in [5, 5.41) is 2.98. The van der Waals surface area contributed by atoms with E-state index in [-0.39, 0.29) is 17.6 Å². The van der Waals surface area contributed by atoms with Gasteiger partial charge in [-0.25, -0.2) is 4.39 Å². The van der Waals surface area contributed by atoms with E-state index in [2.05, 4.69) is 11.4 Å². The smallest absolute Gasteiger partial charge is 0.258 e. The van der Waals surface area contributed by atoms with Crippen molar-refractivity contribution in [2.24, 2.45) is 0 Å². The first-order valence-electron chi connectivity index (χ1n) is 8.49. The average molecular weight is 342 g/mol. The van der Waals surface area contributed by atoms with Gasteiger partial charge >= 0.3 is 0 Å². The molecule has 1 N–H and O–H groups in total. The van der Waals surface area contributed by atoms with E-state index in [0.717, 1.165) is 22.4 Å². The van der Waals surface area contributed by atoms with E-state index in [1.165, 1.54) is 6.07 Å². The van der Waals surface area contributed by atoms with Crippen LogP contribution in [0.1, 0.15) is 33.2 Å². The third kappa shape index (κ3) is 2.09. The first-order chi connectivity index (χ1) is 12.7. The maximum absolute atomic E-state index is 14.4. The molecule has 2 aliphatic heterocycles. The van der Waals surface area contributed by atoms with Crippen LogP contribution in [0.5, 0.6) is 0 Å². The molecule has 0 saturated heterocycles. The minimum Gasteiger partial charge on any atom is -0.327 e. The number of hydrogen-bond acceptors (Lipinski definition) is 2. The molecule has 2 heterocycles. The highest BCUT2D eigenvalue weighted by Crippen LogP contribution is 2.44. The van der Waals surface area contributed by atoms with Crippen LogP contribution in [0, 0.1) is 5.82 Å². The molecule has 0 unspecified atom stereocenters. The van der Waals surface area contributed by atoms with E-state index in [1.807, 2.05) is 59.5 Å². The van der Waals surface area contributed by atoms with Crippen molar-refractivity contribution in [2.45, 2.75) is 6.17 Å². The van der Waals surface area contributed by atoms with Crippen LogP contribution in [0.15, 0.2) is 72.8 Å². The lowest BCUT2D eigenvalue weighted by molar-refractivity contribution is 0.0925. The molecule has 0 aromatic heterocycles. The van der Waals surface area contributed by atoms with Crippen molar-refractivity contribution in [2.75, 3.05) is 4.90 Å². The lowest BCUT2D eigenvalue weighted by atomic mass is 9.92. The maximum Gasteiger partial charge on any atom is 0.258 e.